The second-order valence-corrected chi connectivity index (χ2v) is 5.85. The van der Waals surface area contributed by atoms with Gasteiger partial charge in [0.25, 0.3) is 0 Å². The third-order valence-electron chi connectivity index (χ3n) is 3.97. The molecule has 1 aliphatic rings. The molecule has 0 unspecified atom stereocenters. The van der Waals surface area contributed by atoms with Gasteiger partial charge in [0, 0.05) is 23.6 Å². The van der Waals surface area contributed by atoms with E-state index in [1.165, 1.54) is 0 Å². The average Bonchev–Trinajstić information content (AvgIpc) is 2.99. The lowest BCUT2D eigenvalue weighted by molar-refractivity contribution is -0.116. The first-order valence-electron chi connectivity index (χ1n) is 7.25. The summed E-state index contributed by atoms with van der Waals surface area (Å²) in [5.74, 6) is 0.603. The number of imidazole rings is 1. The van der Waals surface area contributed by atoms with Crippen LogP contribution in [0.2, 0.25) is 5.02 Å². The Balaban J connectivity index is 1.81. The van der Waals surface area contributed by atoms with Crippen molar-refractivity contribution in [2.75, 3.05) is 5.32 Å². The number of benzene rings is 1. The molecule has 0 bridgehead atoms. The van der Waals surface area contributed by atoms with Crippen molar-refractivity contribution >= 4 is 23.3 Å². The summed E-state index contributed by atoms with van der Waals surface area (Å²) >= 11 is 5.96. The number of carbonyl (C=O) groups excluding carboxylic acids is 1. The summed E-state index contributed by atoms with van der Waals surface area (Å²) in [6, 6.07) is 11.3. The lowest BCUT2D eigenvalue weighted by atomic mass is 9.90. The highest BCUT2D eigenvalue weighted by atomic mass is 35.5. The number of hydrogen-bond acceptors (Lipinski definition) is 3. The van der Waals surface area contributed by atoms with E-state index in [1.54, 1.807) is 18.7 Å². The Kier molecular flexibility index (Phi) is 3.35. The molecule has 4 rings (SSSR count). The van der Waals surface area contributed by atoms with E-state index in [0.717, 1.165) is 16.9 Å². The fourth-order valence-corrected chi connectivity index (χ4v) is 3.00. The first-order chi connectivity index (χ1) is 11.2. The van der Waals surface area contributed by atoms with Crippen LogP contribution in [0.4, 0.5) is 5.82 Å². The Labute approximate surface area is 138 Å². The molecule has 23 heavy (non-hydrogen) atoms. The van der Waals surface area contributed by atoms with Gasteiger partial charge in [-0.05, 0) is 29.8 Å². The first kappa shape index (κ1) is 14.0. The number of fused-ring (bicyclic) bond motifs is 1. The summed E-state index contributed by atoms with van der Waals surface area (Å²) in [7, 11) is 0. The second kappa shape index (κ2) is 5.52. The molecule has 1 amide bonds. The summed E-state index contributed by atoms with van der Waals surface area (Å²) in [5.41, 5.74) is 2.75. The molecule has 1 N–H and O–H groups in total. The van der Waals surface area contributed by atoms with E-state index < -0.39 is 0 Å². The molecular weight excluding hydrogens is 312 g/mol. The Morgan fingerprint density at radius 1 is 1.22 bits per heavy atom. The zero-order valence-corrected chi connectivity index (χ0v) is 12.9. The van der Waals surface area contributed by atoms with Crippen molar-refractivity contribution < 1.29 is 4.79 Å². The maximum atomic E-state index is 12.2. The van der Waals surface area contributed by atoms with Crippen molar-refractivity contribution in [2.45, 2.75) is 12.3 Å². The molecular formula is C17H13ClN4O. The lowest BCUT2D eigenvalue weighted by Gasteiger charge is -2.23. The van der Waals surface area contributed by atoms with E-state index in [2.05, 4.69) is 15.3 Å². The van der Waals surface area contributed by atoms with Gasteiger partial charge in [-0.3, -0.25) is 14.3 Å². The fraction of sp³-hybridized carbons (Fsp3) is 0.118. The number of pyridine rings is 1. The number of amides is 1. The summed E-state index contributed by atoms with van der Waals surface area (Å²) in [5, 5.41) is 3.60. The molecule has 114 valence electrons. The minimum atomic E-state index is -0.0751. The van der Waals surface area contributed by atoms with E-state index in [0.29, 0.717) is 17.3 Å². The molecule has 1 atom stereocenters. The largest absolute Gasteiger partial charge is 0.310 e. The SMILES string of the molecule is O=C1C[C@H](c2ccc(Cl)cc2)c2ncn(-c3cccnc3)c2N1. The average molecular weight is 325 g/mol. The van der Waals surface area contributed by atoms with Crippen molar-refractivity contribution in [1.29, 1.82) is 0 Å². The zero-order valence-electron chi connectivity index (χ0n) is 12.1. The third-order valence-corrected chi connectivity index (χ3v) is 4.22. The highest BCUT2D eigenvalue weighted by molar-refractivity contribution is 6.30. The van der Waals surface area contributed by atoms with E-state index >= 15 is 0 Å². The van der Waals surface area contributed by atoms with Crippen LogP contribution >= 0.6 is 11.6 Å². The minimum absolute atomic E-state index is 0.0249. The number of aromatic nitrogens is 3. The number of nitrogens with one attached hydrogen (secondary N) is 1. The molecule has 0 fully saturated rings. The quantitative estimate of drug-likeness (QED) is 0.786. The molecule has 5 nitrogen and oxygen atoms in total. The standard InChI is InChI=1S/C17H13ClN4O/c18-12-5-3-11(4-6-12)14-8-15(23)21-17-16(14)20-10-22(17)13-2-1-7-19-9-13/h1-7,9-10,14H,8H2,(H,21,23)/t14-/m1/s1. The number of hydrogen-bond donors (Lipinski definition) is 1. The van der Waals surface area contributed by atoms with Crippen LogP contribution in [-0.2, 0) is 4.79 Å². The number of halogens is 1. The Morgan fingerprint density at radius 2 is 2.04 bits per heavy atom. The number of rotatable bonds is 2. The van der Waals surface area contributed by atoms with E-state index in [4.69, 9.17) is 11.6 Å². The lowest BCUT2D eigenvalue weighted by Crippen LogP contribution is -2.24. The van der Waals surface area contributed by atoms with Crippen molar-refractivity contribution in [3.05, 3.63) is 71.4 Å². The van der Waals surface area contributed by atoms with Gasteiger partial charge in [0.15, 0.2) is 0 Å². The van der Waals surface area contributed by atoms with Crippen LogP contribution in [-0.4, -0.2) is 20.4 Å². The summed E-state index contributed by atoms with van der Waals surface area (Å²) in [6.45, 7) is 0. The molecule has 3 aromatic rings. The van der Waals surface area contributed by atoms with Crippen LogP contribution in [0, 0.1) is 0 Å². The molecule has 2 aromatic heterocycles. The molecule has 1 aliphatic heterocycles. The molecule has 0 radical (unpaired) electrons. The molecule has 0 saturated carbocycles. The highest BCUT2D eigenvalue weighted by Crippen LogP contribution is 2.37. The molecule has 1 aromatic carbocycles. The highest BCUT2D eigenvalue weighted by Gasteiger charge is 2.30. The zero-order chi connectivity index (χ0) is 15.8. The van der Waals surface area contributed by atoms with Crippen molar-refractivity contribution in [3.63, 3.8) is 0 Å². The van der Waals surface area contributed by atoms with Gasteiger partial charge in [0.2, 0.25) is 5.91 Å². The van der Waals surface area contributed by atoms with Gasteiger partial charge in [-0.1, -0.05) is 23.7 Å². The molecule has 0 spiro atoms. The van der Waals surface area contributed by atoms with Crippen LogP contribution < -0.4 is 5.32 Å². The summed E-state index contributed by atoms with van der Waals surface area (Å²) in [6.07, 6.45) is 5.54. The topological polar surface area (TPSA) is 59.8 Å². The fourth-order valence-electron chi connectivity index (χ4n) is 2.87. The number of anilines is 1. The van der Waals surface area contributed by atoms with Crippen molar-refractivity contribution in [2.24, 2.45) is 0 Å². The van der Waals surface area contributed by atoms with E-state index in [1.807, 2.05) is 41.0 Å². The first-order valence-corrected chi connectivity index (χ1v) is 7.63. The van der Waals surface area contributed by atoms with Crippen LogP contribution in [0.25, 0.3) is 5.69 Å². The maximum Gasteiger partial charge on any atom is 0.226 e. The Bertz CT molecular complexity index is 858. The van der Waals surface area contributed by atoms with Crippen LogP contribution in [0.5, 0.6) is 0 Å². The smallest absolute Gasteiger partial charge is 0.226 e. The number of carbonyl (C=O) groups is 1. The number of nitrogens with zero attached hydrogens (tertiary/aromatic N) is 3. The van der Waals surface area contributed by atoms with Gasteiger partial charge in [-0.25, -0.2) is 4.98 Å². The van der Waals surface area contributed by atoms with E-state index in [-0.39, 0.29) is 11.8 Å². The van der Waals surface area contributed by atoms with Crippen LogP contribution in [0.3, 0.4) is 0 Å². The predicted molar refractivity (Wildman–Crippen MR) is 87.9 cm³/mol. The van der Waals surface area contributed by atoms with Gasteiger partial charge in [0.05, 0.1) is 17.6 Å². The van der Waals surface area contributed by atoms with E-state index in [9.17, 15) is 4.79 Å². The van der Waals surface area contributed by atoms with Crippen molar-refractivity contribution in [3.8, 4) is 5.69 Å². The summed E-state index contributed by atoms with van der Waals surface area (Å²) in [4.78, 5) is 20.8. The second-order valence-electron chi connectivity index (χ2n) is 5.42. The Morgan fingerprint density at radius 3 is 2.78 bits per heavy atom. The Hall–Kier alpha value is -2.66. The van der Waals surface area contributed by atoms with Crippen LogP contribution in [0.15, 0.2) is 55.1 Å². The maximum absolute atomic E-state index is 12.2. The molecule has 3 heterocycles. The van der Waals surface area contributed by atoms with Gasteiger partial charge < -0.3 is 5.32 Å². The van der Waals surface area contributed by atoms with Crippen LogP contribution in [0.1, 0.15) is 23.6 Å². The van der Waals surface area contributed by atoms with Gasteiger partial charge >= 0.3 is 0 Å². The normalized spacial score (nSPS) is 16.7. The summed E-state index contributed by atoms with van der Waals surface area (Å²) < 4.78 is 1.85. The molecule has 0 saturated heterocycles. The third kappa shape index (κ3) is 2.49. The van der Waals surface area contributed by atoms with Crippen molar-refractivity contribution in [1.82, 2.24) is 14.5 Å². The van der Waals surface area contributed by atoms with Gasteiger partial charge in [-0.15, -0.1) is 0 Å². The van der Waals surface area contributed by atoms with Gasteiger partial charge in [-0.2, -0.15) is 0 Å². The minimum Gasteiger partial charge on any atom is -0.310 e. The molecule has 0 aliphatic carbocycles. The predicted octanol–water partition coefficient (Wildman–Crippen LogP) is 3.39. The molecule has 6 heteroatoms. The monoisotopic (exact) mass is 324 g/mol. The van der Waals surface area contributed by atoms with Gasteiger partial charge in [0.1, 0.15) is 12.1 Å².